The number of allylic oxidation sites excluding steroid dienone is 2. The average Bonchev–Trinajstić information content (AvgIpc) is 3.39. The maximum absolute atomic E-state index is 14.5. The Morgan fingerprint density at radius 2 is 1.56 bits per heavy atom. The first-order valence-electron chi connectivity index (χ1n) is 9.93. The van der Waals surface area contributed by atoms with Gasteiger partial charge in [-0.05, 0) is 87.7 Å². The molecule has 2 saturated carbocycles. The largest absolute Gasteiger partial charge is 0.491 e. The lowest BCUT2D eigenvalue weighted by Crippen LogP contribution is -2.26. The van der Waals surface area contributed by atoms with Crippen molar-refractivity contribution in [2.45, 2.75) is 64.2 Å². The van der Waals surface area contributed by atoms with Gasteiger partial charge in [0.05, 0.1) is 6.61 Å². The van der Waals surface area contributed by atoms with Crippen molar-refractivity contribution in [3.05, 3.63) is 41.5 Å². The maximum Gasteiger partial charge on any atom is 0.200 e. The summed E-state index contributed by atoms with van der Waals surface area (Å²) in [5.41, 5.74) is 1.06. The Hall–Kier alpha value is -1.38. The Morgan fingerprint density at radius 1 is 0.920 bits per heavy atom. The Balaban J connectivity index is 1.36. The average molecular weight is 346 g/mol. The molecule has 3 aliphatic rings. The first-order chi connectivity index (χ1) is 12.1. The highest BCUT2D eigenvalue weighted by molar-refractivity contribution is 5.33. The standard InChI is InChI=1S/C22H28F2O/c1-2-25-19-8-7-18(20(23)21(19)24)17-5-3-15(4-6-17)16-9-11-22(12-10-16)13-14-22/h7-8,13-17H,2-6,9-12H2,1H3. The molecule has 0 aliphatic heterocycles. The molecule has 3 heteroatoms. The molecule has 1 spiro atoms. The second-order valence-corrected chi connectivity index (χ2v) is 8.23. The topological polar surface area (TPSA) is 9.23 Å². The minimum atomic E-state index is -0.823. The molecule has 1 aromatic rings. The second kappa shape index (κ2) is 6.74. The van der Waals surface area contributed by atoms with Crippen LogP contribution in [0, 0.1) is 28.9 Å². The van der Waals surface area contributed by atoms with Gasteiger partial charge in [0.25, 0.3) is 0 Å². The molecule has 25 heavy (non-hydrogen) atoms. The van der Waals surface area contributed by atoms with Gasteiger partial charge in [0.1, 0.15) is 0 Å². The molecule has 0 unspecified atom stereocenters. The number of halogens is 2. The molecule has 0 heterocycles. The van der Waals surface area contributed by atoms with Crippen molar-refractivity contribution in [3.8, 4) is 5.75 Å². The monoisotopic (exact) mass is 346 g/mol. The molecule has 2 fully saturated rings. The third-order valence-electron chi connectivity index (χ3n) is 6.85. The van der Waals surface area contributed by atoms with Gasteiger partial charge in [-0.15, -0.1) is 0 Å². The number of rotatable bonds is 4. The summed E-state index contributed by atoms with van der Waals surface area (Å²) in [5, 5.41) is 0. The smallest absolute Gasteiger partial charge is 0.200 e. The Labute approximate surface area is 149 Å². The van der Waals surface area contributed by atoms with Crippen molar-refractivity contribution in [2.75, 3.05) is 6.61 Å². The minimum absolute atomic E-state index is 0.0299. The summed E-state index contributed by atoms with van der Waals surface area (Å²) >= 11 is 0. The Kier molecular flexibility index (Phi) is 4.59. The summed E-state index contributed by atoms with van der Waals surface area (Å²) in [6, 6.07) is 3.32. The van der Waals surface area contributed by atoms with E-state index in [-0.39, 0.29) is 11.7 Å². The molecule has 1 aromatic carbocycles. The zero-order valence-corrected chi connectivity index (χ0v) is 15.1. The van der Waals surface area contributed by atoms with E-state index in [4.69, 9.17) is 4.74 Å². The van der Waals surface area contributed by atoms with Crippen molar-refractivity contribution >= 4 is 0 Å². The van der Waals surface area contributed by atoms with Crippen molar-refractivity contribution in [1.29, 1.82) is 0 Å². The fourth-order valence-electron chi connectivity index (χ4n) is 5.13. The molecular weight excluding hydrogens is 318 g/mol. The van der Waals surface area contributed by atoms with Crippen LogP contribution in [0.4, 0.5) is 8.78 Å². The molecule has 0 saturated heterocycles. The first kappa shape index (κ1) is 17.1. The van der Waals surface area contributed by atoms with E-state index in [1.54, 1.807) is 19.1 Å². The summed E-state index contributed by atoms with van der Waals surface area (Å²) in [5.74, 6) is 0.285. The summed E-state index contributed by atoms with van der Waals surface area (Å²) in [6.45, 7) is 2.12. The van der Waals surface area contributed by atoms with Crippen molar-refractivity contribution in [2.24, 2.45) is 17.3 Å². The normalized spacial score (nSPS) is 28.3. The SMILES string of the molecule is CCOc1ccc(C2CCC(C3CCC4(C=C4)CC3)CC2)c(F)c1F. The number of benzene rings is 1. The van der Waals surface area contributed by atoms with Gasteiger partial charge in [0.2, 0.25) is 5.82 Å². The molecule has 1 nitrogen and oxygen atoms in total. The highest BCUT2D eigenvalue weighted by Gasteiger charge is 2.40. The van der Waals surface area contributed by atoms with Crippen LogP contribution < -0.4 is 4.74 Å². The summed E-state index contributed by atoms with van der Waals surface area (Å²) in [4.78, 5) is 0. The van der Waals surface area contributed by atoms with E-state index in [9.17, 15) is 8.78 Å². The molecule has 3 aliphatic carbocycles. The zero-order chi connectivity index (χ0) is 17.4. The third kappa shape index (κ3) is 3.35. The number of ether oxygens (including phenoxy) is 1. The van der Waals surface area contributed by atoms with Crippen LogP contribution in [-0.4, -0.2) is 6.61 Å². The summed E-state index contributed by atoms with van der Waals surface area (Å²) < 4.78 is 33.8. The van der Waals surface area contributed by atoms with Crippen LogP contribution in [0.5, 0.6) is 5.75 Å². The van der Waals surface area contributed by atoms with E-state index in [0.29, 0.717) is 17.6 Å². The van der Waals surface area contributed by atoms with E-state index in [2.05, 4.69) is 12.2 Å². The quantitative estimate of drug-likeness (QED) is 0.574. The fraction of sp³-hybridized carbons (Fsp3) is 0.636. The lowest BCUT2D eigenvalue weighted by molar-refractivity contribution is 0.160. The van der Waals surface area contributed by atoms with E-state index in [0.717, 1.165) is 37.5 Å². The molecular formula is C22H28F2O. The number of hydrogen-bond acceptors (Lipinski definition) is 1. The Morgan fingerprint density at radius 3 is 2.16 bits per heavy atom. The van der Waals surface area contributed by atoms with Gasteiger partial charge >= 0.3 is 0 Å². The highest BCUT2D eigenvalue weighted by atomic mass is 19.2. The van der Waals surface area contributed by atoms with Crippen LogP contribution in [0.2, 0.25) is 0 Å². The van der Waals surface area contributed by atoms with E-state index in [1.807, 2.05) is 0 Å². The molecule has 0 atom stereocenters. The third-order valence-corrected chi connectivity index (χ3v) is 6.85. The van der Waals surface area contributed by atoms with E-state index < -0.39 is 11.6 Å². The van der Waals surface area contributed by atoms with Crippen LogP contribution in [0.25, 0.3) is 0 Å². The molecule has 0 N–H and O–H groups in total. The van der Waals surface area contributed by atoms with Crippen molar-refractivity contribution in [3.63, 3.8) is 0 Å². The van der Waals surface area contributed by atoms with Gasteiger partial charge in [-0.1, -0.05) is 18.2 Å². The van der Waals surface area contributed by atoms with Crippen LogP contribution in [0.3, 0.4) is 0 Å². The van der Waals surface area contributed by atoms with Crippen molar-refractivity contribution < 1.29 is 13.5 Å². The van der Waals surface area contributed by atoms with Crippen molar-refractivity contribution in [1.82, 2.24) is 0 Å². The van der Waals surface area contributed by atoms with Gasteiger partial charge in [-0.3, -0.25) is 0 Å². The predicted molar refractivity (Wildman–Crippen MR) is 95.8 cm³/mol. The lowest BCUT2D eigenvalue weighted by Gasteiger charge is -2.38. The zero-order valence-electron chi connectivity index (χ0n) is 15.1. The van der Waals surface area contributed by atoms with Gasteiger partial charge in [-0.2, -0.15) is 4.39 Å². The Bertz CT molecular complexity index is 642. The van der Waals surface area contributed by atoms with Crippen LogP contribution in [-0.2, 0) is 0 Å². The van der Waals surface area contributed by atoms with Gasteiger partial charge in [0, 0.05) is 5.41 Å². The van der Waals surface area contributed by atoms with Gasteiger partial charge < -0.3 is 4.74 Å². The molecule has 0 bridgehead atoms. The molecule has 0 aromatic heterocycles. The molecule has 0 radical (unpaired) electrons. The van der Waals surface area contributed by atoms with E-state index >= 15 is 0 Å². The molecule has 0 amide bonds. The fourth-order valence-corrected chi connectivity index (χ4v) is 5.13. The maximum atomic E-state index is 14.5. The lowest BCUT2D eigenvalue weighted by atomic mass is 9.67. The first-order valence-corrected chi connectivity index (χ1v) is 9.93. The molecule has 136 valence electrons. The summed E-state index contributed by atoms with van der Waals surface area (Å²) in [6.07, 6.45) is 14.4. The van der Waals surface area contributed by atoms with Crippen LogP contribution in [0.1, 0.15) is 69.8 Å². The van der Waals surface area contributed by atoms with Crippen LogP contribution >= 0.6 is 0 Å². The second-order valence-electron chi connectivity index (χ2n) is 8.23. The highest BCUT2D eigenvalue weighted by Crippen LogP contribution is 2.53. The van der Waals surface area contributed by atoms with E-state index in [1.165, 1.54) is 25.7 Å². The summed E-state index contributed by atoms with van der Waals surface area (Å²) in [7, 11) is 0. The predicted octanol–water partition coefficient (Wildman–Crippen LogP) is 6.38. The molecule has 4 rings (SSSR count). The van der Waals surface area contributed by atoms with Gasteiger partial charge in [-0.25, -0.2) is 4.39 Å². The van der Waals surface area contributed by atoms with Crippen LogP contribution in [0.15, 0.2) is 24.3 Å². The minimum Gasteiger partial charge on any atom is -0.491 e. The number of hydrogen-bond donors (Lipinski definition) is 0. The van der Waals surface area contributed by atoms with Gasteiger partial charge in [0.15, 0.2) is 11.6 Å².